The van der Waals surface area contributed by atoms with Crippen LogP contribution in [0, 0.1) is 0 Å². The largest absolute Gasteiger partial charge is 0.420 e. The van der Waals surface area contributed by atoms with Gasteiger partial charge >= 0.3 is 0 Å². The second-order valence-electron chi connectivity index (χ2n) is 5.55. The molecule has 0 aliphatic heterocycles. The van der Waals surface area contributed by atoms with E-state index in [0.717, 1.165) is 25.7 Å². The summed E-state index contributed by atoms with van der Waals surface area (Å²) in [6.07, 6.45) is 1.33. The maximum absolute atomic E-state index is 5.74. The quantitative estimate of drug-likeness (QED) is 0.409. The minimum Gasteiger partial charge on any atom is -0.420 e. The van der Waals surface area contributed by atoms with E-state index in [-0.39, 0.29) is 12.2 Å². The van der Waals surface area contributed by atoms with Crippen molar-refractivity contribution in [2.45, 2.75) is 58.5 Å². The molecular formula is C14H32O4Si. The fraction of sp³-hybridized carbons (Fsp3) is 1.00. The normalized spacial score (nSPS) is 15.5. The van der Waals surface area contributed by atoms with Crippen LogP contribution in [0.4, 0.5) is 0 Å². The van der Waals surface area contributed by atoms with Crippen molar-refractivity contribution in [1.29, 1.82) is 0 Å². The lowest BCUT2D eigenvalue weighted by molar-refractivity contribution is -0.0555. The van der Waals surface area contributed by atoms with E-state index >= 15 is 0 Å². The summed E-state index contributed by atoms with van der Waals surface area (Å²) < 4.78 is 22.2. The number of hydrogen-bond donors (Lipinski definition) is 0. The van der Waals surface area contributed by atoms with Crippen LogP contribution < -0.4 is 0 Å². The van der Waals surface area contributed by atoms with Crippen LogP contribution in [0.5, 0.6) is 0 Å². The molecule has 0 aromatic carbocycles. The molecule has 0 fully saturated rings. The zero-order valence-electron chi connectivity index (χ0n) is 13.5. The highest BCUT2D eigenvalue weighted by atomic mass is 28.4. The molecule has 0 spiro atoms. The van der Waals surface area contributed by atoms with Crippen molar-refractivity contribution < 1.29 is 18.6 Å². The molecule has 0 saturated carbocycles. The van der Waals surface area contributed by atoms with Gasteiger partial charge in [0.05, 0.1) is 25.4 Å². The van der Waals surface area contributed by atoms with Crippen molar-refractivity contribution in [1.82, 2.24) is 0 Å². The van der Waals surface area contributed by atoms with E-state index in [2.05, 4.69) is 13.1 Å². The summed E-state index contributed by atoms with van der Waals surface area (Å²) in [5.41, 5.74) is 0. The molecule has 0 radical (unpaired) electrons. The Bertz CT molecular complexity index is 212. The van der Waals surface area contributed by atoms with Crippen LogP contribution in [0.25, 0.3) is 0 Å². The highest BCUT2D eigenvalue weighted by molar-refractivity contribution is 6.71. The Balaban J connectivity index is 3.51. The molecule has 0 heterocycles. The van der Waals surface area contributed by atoms with Crippen LogP contribution in [0.3, 0.4) is 0 Å². The van der Waals surface area contributed by atoms with Gasteiger partial charge in [0.15, 0.2) is 8.32 Å². The van der Waals surface area contributed by atoms with Crippen LogP contribution in [0.1, 0.15) is 27.2 Å². The molecule has 2 unspecified atom stereocenters. The first-order valence-corrected chi connectivity index (χ1v) is 10.4. The molecule has 19 heavy (non-hydrogen) atoms. The SMILES string of the molecule is CCOCC(C)OCC(C)OCCC[Si](C)(C)OC. The third kappa shape index (κ3) is 11.6. The van der Waals surface area contributed by atoms with Gasteiger partial charge in [-0.15, -0.1) is 0 Å². The summed E-state index contributed by atoms with van der Waals surface area (Å²) >= 11 is 0. The predicted octanol–water partition coefficient (Wildman–Crippen LogP) is 3.07. The minimum absolute atomic E-state index is 0.130. The molecule has 0 bridgehead atoms. The van der Waals surface area contributed by atoms with Crippen molar-refractivity contribution in [3.63, 3.8) is 0 Å². The smallest absolute Gasteiger partial charge is 0.186 e. The lowest BCUT2D eigenvalue weighted by atomic mass is 10.4. The Morgan fingerprint density at radius 1 is 1.00 bits per heavy atom. The molecule has 0 amide bonds. The average Bonchev–Trinajstić information content (AvgIpc) is 2.39. The van der Waals surface area contributed by atoms with Gasteiger partial charge in [0.2, 0.25) is 0 Å². The van der Waals surface area contributed by atoms with Gasteiger partial charge in [-0.25, -0.2) is 0 Å². The maximum Gasteiger partial charge on any atom is 0.186 e. The zero-order chi connectivity index (χ0) is 14.7. The van der Waals surface area contributed by atoms with E-state index in [1.54, 1.807) is 0 Å². The van der Waals surface area contributed by atoms with Crippen LogP contribution in [-0.2, 0) is 18.6 Å². The Kier molecular flexibility index (Phi) is 10.8. The van der Waals surface area contributed by atoms with Crippen LogP contribution >= 0.6 is 0 Å². The number of hydrogen-bond acceptors (Lipinski definition) is 4. The van der Waals surface area contributed by atoms with Crippen molar-refractivity contribution in [2.75, 3.05) is 33.5 Å². The monoisotopic (exact) mass is 292 g/mol. The lowest BCUT2D eigenvalue weighted by Crippen LogP contribution is -2.29. The Morgan fingerprint density at radius 3 is 2.21 bits per heavy atom. The zero-order valence-corrected chi connectivity index (χ0v) is 14.5. The highest BCUT2D eigenvalue weighted by Crippen LogP contribution is 2.12. The Labute approximate surface area is 119 Å². The Morgan fingerprint density at radius 2 is 1.63 bits per heavy atom. The summed E-state index contributed by atoms with van der Waals surface area (Å²) in [6.45, 7) is 13.3. The summed E-state index contributed by atoms with van der Waals surface area (Å²) in [6, 6.07) is 1.14. The summed E-state index contributed by atoms with van der Waals surface area (Å²) in [7, 11) is 0.380. The molecule has 0 saturated heterocycles. The summed E-state index contributed by atoms with van der Waals surface area (Å²) in [5, 5.41) is 0. The molecule has 2 atom stereocenters. The van der Waals surface area contributed by atoms with E-state index in [0.29, 0.717) is 13.2 Å². The van der Waals surface area contributed by atoms with Gasteiger partial charge in [-0.1, -0.05) is 0 Å². The molecule has 0 aromatic rings. The highest BCUT2D eigenvalue weighted by Gasteiger charge is 2.19. The molecule has 0 N–H and O–H groups in total. The van der Waals surface area contributed by atoms with E-state index in [4.69, 9.17) is 18.6 Å². The van der Waals surface area contributed by atoms with Crippen molar-refractivity contribution in [2.24, 2.45) is 0 Å². The van der Waals surface area contributed by atoms with Gasteiger partial charge in [-0.3, -0.25) is 0 Å². The minimum atomic E-state index is -1.43. The molecule has 0 aliphatic rings. The van der Waals surface area contributed by atoms with Crippen molar-refractivity contribution >= 4 is 8.32 Å². The van der Waals surface area contributed by atoms with Gasteiger partial charge in [-0.05, 0) is 46.3 Å². The van der Waals surface area contributed by atoms with E-state index in [1.165, 1.54) is 0 Å². The maximum atomic E-state index is 5.74. The first kappa shape index (κ1) is 19.1. The van der Waals surface area contributed by atoms with Gasteiger partial charge in [-0.2, -0.15) is 0 Å². The summed E-state index contributed by atoms with van der Waals surface area (Å²) in [4.78, 5) is 0. The molecule has 0 rings (SSSR count). The molecular weight excluding hydrogens is 260 g/mol. The number of rotatable bonds is 12. The third-order valence-corrected chi connectivity index (χ3v) is 5.71. The van der Waals surface area contributed by atoms with E-state index in [9.17, 15) is 0 Å². The van der Waals surface area contributed by atoms with E-state index < -0.39 is 8.32 Å². The molecule has 5 heteroatoms. The van der Waals surface area contributed by atoms with Crippen LogP contribution in [0.15, 0.2) is 0 Å². The van der Waals surface area contributed by atoms with E-state index in [1.807, 2.05) is 27.9 Å². The van der Waals surface area contributed by atoms with Gasteiger partial charge in [0.25, 0.3) is 0 Å². The standard InChI is InChI=1S/C14H32O4Si/c1-7-16-11-13(2)18-12-14(3)17-9-8-10-19(5,6)15-4/h13-14H,7-12H2,1-6H3. The molecule has 0 aliphatic carbocycles. The van der Waals surface area contributed by atoms with Gasteiger partial charge in [0, 0.05) is 20.3 Å². The first-order chi connectivity index (χ1) is 8.91. The molecule has 0 aromatic heterocycles. The summed E-state index contributed by atoms with van der Waals surface area (Å²) in [5.74, 6) is 0. The first-order valence-electron chi connectivity index (χ1n) is 7.27. The second-order valence-corrected chi connectivity index (χ2v) is 9.98. The topological polar surface area (TPSA) is 36.9 Å². The number of ether oxygens (including phenoxy) is 3. The average molecular weight is 292 g/mol. The fourth-order valence-corrected chi connectivity index (χ4v) is 2.76. The fourth-order valence-electron chi connectivity index (χ4n) is 1.56. The van der Waals surface area contributed by atoms with Crippen molar-refractivity contribution in [3.8, 4) is 0 Å². The van der Waals surface area contributed by atoms with Crippen LogP contribution in [-0.4, -0.2) is 54.1 Å². The Hall–Kier alpha value is 0.0569. The predicted molar refractivity (Wildman–Crippen MR) is 81.2 cm³/mol. The van der Waals surface area contributed by atoms with Gasteiger partial charge < -0.3 is 18.6 Å². The third-order valence-electron chi connectivity index (χ3n) is 3.05. The second kappa shape index (κ2) is 10.8. The molecule has 4 nitrogen and oxygen atoms in total. The molecule has 116 valence electrons. The lowest BCUT2D eigenvalue weighted by Gasteiger charge is -2.21. The van der Waals surface area contributed by atoms with Gasteiger partial charge in [0.1, 0.15) is 0 Å². The van der Waals surface area contributed by atoms with Crippen molar-refractivity contribution in [3.05, 3.63) is 0 Å². The van der Waals surface area contributed by atoms with Crippen LogP contribution in [0.2, 0.25) is 19.1 Å².